The van der Waals surface area contributed by atoms with Crippen molar-refractivity contribution in [3.63, 3.8) is 0 Å². The van der Waals surface area contributed by atoms with Crippen LogP contribution in [0.25, 0.3) is 0 Å². The molecular formula is C53H98O6STi. The molecule has 1 aliphatic carbocycles. The zero-order chi connectivity index (χ0) is 45.3. The van der Waals surface area contributed by atoms with E-state index >= 15 is 3.32 Å². The van der Waals surface area contributed by atoms with Crippen LogP contribution in [-0.4, -0.2) is 20.8 Å². The Morgan fingerprint density at radius 3 is 1.16 bits per heavy atom. The second-order valence-corrected chi connectivity index (χ2v) is 28.3. The van der Waals surface area contributed by atoms with E-state index in [1.807, 2.05) is 20.8 Å². The molecule has 1 aliphatic rings. The number of carbonyl (C=O) groups excluding carboxylic acids is 1. The zero-order valence-electron chi connectivity index (χ0n) is 41.1. The van der Waals surface area contributed by atoms with Crippen molar-refractivity contribution in [1.29, 1.82) is 0 Å². The predicted molar refractivity (Wildman–Crippen MR) is 259 cm³/mol. The molecule has 0 spiro atoms. The van der Waals surface area contributed by atoms with Crippen LogP contribution in [0.5, 0.6) is 0 Å². The van der Waals surface area contributed by atoms with Gasteiger partial charge in [-0.3, -0.25) is 0 Å². The third-order valence-corrected chi connectivity index (χ3v) is 21.5. The zero-order valence-corrected chi connectivity index (χ0v) is 43.5. The monoisotopic (exact) mass is 911 g/mol. The van der Waals surface area contributed by atoms with E-state index < -0.39 is 26.2 Å². The van der Waals surface area contributed by atoms with Gasteiger partial charge in [-0.25, -0.2) is 0 Å². The number of hydrogen-bond donors (Lipinski definition) is 0. The van der Waals surface area contributed by atoms with Gasteiger partial charge in [-0.1, -0.05) is 97.8 Å². The van der Waals surface area contributed by atoms with Crippen LogP contribution < -0.4 is 0 Å². The third-order valence-electron chi connectivity index (χ3n) is 12.6. The minimum atomic E-state index is -6.03. The number of allylic oxidation sites excluding steroid dienone is 6. The Morgan fingerprint density at radius 2 is 0.836 bits per heavy atom. The number of carbonyl (C=O) groups is 1. The van der Waals surface area contributed by atoms with Crippen LogP contribution >= 0.6 is 0 Å². The van der Waals surface area contributed by atoms with Crippen LogP contribution in [0.15, 0.2) is 46.9 Å². The molecule has 0 bridgehead atoms. The first-order chi connectivity index (χ1) is 29.2. The molecule has 0 aromatic carbocycles. The van der Waals surface area contributed by atoms with Gasteiger partial charge in [0, 0.05) is 0 Å². The first kappa shape index (κ1) is 58.0. The molecule has 61 heavy (non-hydrogen) atoms. The molecule has 1 rings (SSSR count). The van der Waals surface area contributed by atoms with Crippen LogP contribution in [0.4, 0.5) is 0 Å². The topological polar surface area (TPSA) is 86.7 Å². The number of unbranched alkanes of at least 4 members (excludes halogenated alkanes) is 27. The van der Waals surface area contributed by atoms with Crippen molar-refractivity contribution < 1.29 is 38.7 Å². The number of ketones is 1. The average molecular weight is 911 g/mol. The molecule has 0 unspecified atom stereocenters. The van der Waals surface area contributed by atoms with Crippen LogP contribution in [0.3, 0.4) is 0 Å². The predicted octanol–water partition coefficient (Wildman–Crippen LogP) is 17.9. The van der Waals surface area contributed by atoms with Gasteiger partial charge >= 0.3 is 285 Å². The average Bonchev–Trinajstić information content (AvgIpc) is 3.20. The van der Waals surface area contributed by atoms with Crippen molar-refractivity contribution in [3.05, 3.63) is 46.9 Å². The van der Waals surface area contributed by atoms with E-state index in [1.165, 1.54) is 147 Å². The molecule has 0 heterocycles. The minimum absolute atomic E-state index is 0.0150. The fraction of sp³-hybridized carbons (Fsp3) is 0.830. The maximum absolute atomic E-state index is 15.2. The van der Waals surface area contributed by atoms with Crippen molar-refractivity contribution in [2.45, 2.75) is 269 Å². The molecule has 0 radical (unpaired) electrons. The first-order valence-electron chi connectivity index (χ1n) is 25.9. The van der Waals surface area contributed by atoms with E-state index in [4.69, 9.17) is 6.08 Å². The van der Waals surface area contributed by atoms with Gasteiger partial charge in [-0.15, -0.1) is 0 Å². The molecule has 0 aromatic rings. The van der Waals surface area contributed by atoms with Crippen molar-refractivity contribution >= 4 is 15.9 Å². The van der Waals surface area contributed by atoms with Gasteiger partial charge in [0.15, 0.2) is 0 Å². The standard InChI is InChI=1S/C42H78O4S.C5H11O.2C3H5.O.Ti/c1-4-7-10-13-16-19-22-25-28-31-34-38-39(35-32-29-26-23-20-17-14-11-8-5-2)41(43)37-42(47(44,45)46)40(38)36-33-30-27-24-21-18-15-12-9-6-3;1-5(2,3)4-6;2*1-3-2;;/h4-37H2,1-3H3,(H,44,45,46);4H2,1-3H3;2*3H,1-2H2;;/q;-1;;;;+2/p-1. The molecule has 0 aromatic heterocycles. The second-order valence-electron chi connectivity index (χ2n) is 20.0. The van der Waals surface area contributed by atoms with Gasteiger partial charge in [-0.05, 0) is 0 Å². The fourth-order valence-corrected chi connectivity index (χ4v) is 17.7. The summed E-state index contributed by atoms with van der Waals surface area (Å²) in [5.74, 6) is -0.117. The third kappa shape index (κ3) is 25.9. The first-order valence-corrected chi connectivity index (χ1v) is 31.4. The normalized spacial score (nSPS) is 14.4. The van der Waals surface area contributed by atoms with Gasteiger partial charge in [0.2, 0.25) is 0 Å². The molecule has 8 heteroatoms. The Morgan fingerprint density at radius 1 is 0.525 bits per heavy atom. The summed E-state index contributed by atoms with van der Waals surface area (Å²) in [6, 6.07) is 0. The maximum atomic E-state index is 15.2. The molecule has 0 amide bonds. The Kier molecular flexibility index (Phi) is 31.9. The van der Waals surface area contributed by atoms with E-state index in [0.717, 1.165) is 74.5 Å². The molecule has 0 N–H and O–H groups in total. The van der Waals surface area contributed by atoms with E-state index in [-0.39, 0.29) is 38.6 Å². The SMILES string of the molecule is C=C[CH2][Ti](=[O])([CH2]C=C)([O]CC(C)(C)C)[O]S(=O)(=O)C1=C(CCCCCCCCCCCC)C(CCCCCCCCCCCC)=C(CCCCCCCCCCCC)C(=O)C1. The molecular weight excluding hydrogens is 813 g/mol. The number of Topliss-reactive ketones (excluding diaryl/α,β-unsaturated/α-hetero) is 1. The Hall–Kier alpha value is -0.986. The number of rotatable bonds is 42. The van der Waals surface area contributed by atoms with E-state index in [0.29, 0.717) is 19.3 Å². The van der Waals surface area contributed by atoms with Gasteiger partial charge in [0.25, 0.3) is 0 Å². The summed E-state index contributed by atoms with van der Waals surface area (Å²) in [5, 5.41) is 0. The molecule has 0 fully saturated rings. The summed E-state index contributed by atoms with van der Waals surface area (Å²) in [6.45, 7) is 20.3. The fourth-order valence-electron chi connectivity index (χ4n) is 8.89. The molecule has 0 aliphatic heterocycles. The van der Waals surface area contributed by atoms with Crippen LogP contribution in [0.2, 0.25) is 9.45 Å². The van der Waals surface area contributed by atoms with Crippen molar-refractivity contribution in [2.75, 3.05) is 6.61 Å². The molecule has 356 valence electrons. The van der Waals surface area contributed by atoms with Crippen LogP contribution in [0, 0.1) is 5.41 Å². The van der Waals surface area contributed by atoms with Crippen molar-refractivity contribution in [2.24, 2.45) is 5.41 Å². The van der Waals surface area contributed by atoms with Gasteiger partial charge in [0.1, 0.15) is 0 Å². The van der Waals surface area contributed by atoms with Crippen LogP contribution in [-0.2, 0) is 40.4 Å². The molecule has 0 atom stereocenters. The summed E-state index contributed by atoms with van der Waals surface area (Å²) >= 11 is -6.03. The molecule has 0 saturated heterocycles. The number of hydrogen-bond acceptors (Lipinski definition) is 6. The van der Waals surface area contributed by atoms with E-state index in [9.17, 15) is 13.2 Å². The Balaban J connectivity index is 3.51. The Bertz CT molecular complexity index is 1430. The Labute approximate surface area is 380 Å². The summed E-state index contributed by atoms with van der Waals surface area (Å²) in [7, 11) is -4.63. The van der Waals surface area contributed by atoms with Crippen LogP contribution in [0.1, 0.15) is 260 Å². The molecule has 6 nitrogen and oxygen atoms in total. The van der Waals surface area contributed by atoms with E-state index in [1.54, 1.807) is 0 Å². The summed E-state index contributed by atoms with van der Waals surface area (Å²) in [4.78, 5) is 14.4. The quantitative estimate of drug-likeness (QED) is 0.0344. The van der Waals surface area contributed by atoms with Gasteiger partial charge < -0.3 is 0 Å². The van der Waals surface area contributed by atoms with E-state index in [2.05, 4.69) is 33.9 Å². The molecule has 0 saturated carbocycles. The summed E-state index contributed by atoms with van der Waals surface area (Å²) in [6.07, 6.45) is 40.7. The van der Waals surface area contributed by atoms with Gasteiger partial charge in [-0.2, -0.15) is 0 Å². The second kappa shape index (κ2) is 33.5. The van der Waals surface area contributed by atoms with Crippen molar-refractivity contribution in [1.82, 2.24) is 0 Å². The summed E-state index contributed by atoms with van der Waals surface area (Å²) in [5.41, 5.74) is 2.14. The van der Waals surface area contributed by atoms with Gasteiger partial charge in [0.05, 0.1) is 0 Å². The van der Waals surface area contributed by atoms with Crippen molar-refractivity contribution in [3.8, 4) is 0 Å². The summed E-state index contributed by atoms with van der Waals surface area (Å²) < 4.78 is 56.6.